The summed E-state index contributed by atoms with van der Waals surface area (Å²) in [7, 11) is 0. The summed E-state index contributed by atoms with van der Waals surface area (Å²) in [6, 6.07) is 107. The molecule has 0 radical (unpaired) electrons. The predicted octanol–water partition coefficient (Wildman–Crippen LogP) is 24.2. The first-order valence-corrected chi connectivity index (χ1v) is 35.6. The van der Waals surface area contributed by atoms with Gasteiger partial charge in [0.1, 0.15) is 53.4 Å². The van der Waals surface area contributed by atoms with Gasteiger partial charge in [0.05, 0.1) is 14.6 Å². The average molecular weight is 1400 g/mol. The number of thiophene rings is 3. The lowest BCUT2D eigenvalue weighted by Crippen LogP contribution is -2.17. The van der Waals surface area contributed by atoms with Gasteiger partial charge in [-0.3, -0.25) is 9.80 Å². The Bertz CT molecular complexity index is 4640. The van der Waals surface area contributed by atoms with Gasteiger partial charge in [0, 0.05) is 45.5 Å². The maximum absolute atomic E-state index is 6.35. The molecule has 0 amide bonds. The van der Waals surface area contributed by atoms with Gasteiger partial charge in [0.25, 0.3) is 0 Å². The van der Waals surface area contributed by atoms with Crippen molar-refractivity contribution < 1.29 is 29.8 Å². The van der Waals surface area contributed by atoms with Crippen molar-refractivity contribution in [3.05, 3.63) is 313 Å². The van der Waals surface area contributed by atoms with Crippen LogP contribution in [0.15, 0.2) is 313 Å². The molecular formula is C84H66BrN4O6S3-. The number of hydrogen-bond donors (Lipinski definition) is 2. The number of nitrogens with one attached hydrogen (secondary N) is 2. The largest absolute Gasteiger partial charge is 1.00 e. The van der Waals surface area contributed by atoms with E-state index in [0.717, 1.165) is 131 Å². The summed E-state index contributed by atoms with van der Waals surface area (Å²) in [6.45, 7) is 3.31. The van der Waals surface area contributed by atoms with E-state index in [1.54, 1.807) is 34.0 Å². The molecule has 0 saturated carbocycles. The molecule has 0 unspecified atom stereocenters. The Morgan fingerprint density at radius 3 is 0.827 bits per heavy atom. The Morgan fingerprint density at radius 1 is 0.245 bits per heavy atom. The first-order chi connectivity index (χ1) is 48.5. The number of nitrogens with zero attached hydrogens (tertiary/aromatic N) is 2. The molecule has 484 valence electrons. The molecule has 2 N–H and O–H groups in total. The first-order valence-electron chi connectivity index (χ1n) is 32.4. The first kappa shape index (κ1) is 63.1. The number of fused-ring (bicyclic) bond motifs is 3. The monoisotopic (exact) mass is 1400 g/mol. The standard InChI is InChI=1S/C48H36N2O4S2.C24H20N2.C12H9BrO2S.H/c1-5-13-35(14-6-1)45-41-43(53-31-29-51-41)47(55-45)49(37-17-9-3-10-18-37)39-25-21-33(22-26-39)34-23-27-40(28-24-34)50(38-19-11-4-12-20-38)48-44-42(52-30-32-54-44)46(56-48)36-15-7-2-8-16-36;1-3-7-21(8-4-1)25-23-15-11-19(12-16-23)20-13-17-24(18-14-20)26-22-9-5-2-6-10-22;13-12-10-9(14-6-7-15-10)11(16-12)8-4-2-1-3-5-8;/h1-28H,29-32H2;1-18,25-26H;1-5H,6-7H2;/q;;;-1/i;;;1+1. The van der Waals surface area contributed by atoms with Crippen LogP contribution in [0.5, 0.6) is 34.5 Å². The van der Waals surface area contributed by atoms with E-state index in [9.17, 15) is 0 Å². The lowest BCUT2D eigenvalue weighted by Gasteiger charge is -2.26. The van der Waals surface area contributed by atoms with E-state index in [0.29, 0.717) is 39.6 Å². The summed E-state index contributed by atoms with van der Waals surface area (Å²) in [5.41, 5.74) is 16.5. The second kappa shape index (κ2) is 30.0. The van der Waals surface area contributed by atoms with Crippen LogP contribution in [0, 0.1) is 0 Å². The molecule has 0 bridgehead atoms. The molecule has 0 spiro atoms. The van der Waals surface area contributed by atoms with Gasteiger partial charge in [-0.15, -0.1) is 34.0 Å². The third kappa shape index (κ3) is 14.1. The molecule has 10 nitrogen and oxygen atoms in total. The summed E-state index contributed by atoms with van der Waals surface area (Å²) < 4.78 is 37.5. The molecule has 3 aliphatic rings. The van der Waals surface area contributed by atoms with Crippen LogP contribution >= 0.6 is 49.9 Å². The van der Waals surface area contributed by atoms with Crippen LogP contribution in [0.1, 0.15) is 1.43 Å². The number of benzene rings is 11. The fourth-order valence-corrected chi connectivity index (χ4v) is 16.0. The maximum atomic E-state index is 6.35. The number of hydrogen-bond acceptors (Lipinski definition) is 13. The van der Waals surface area contributed by atoms with Gasteiger partial charge >= 0.3 is 0 Å². The van der Waals surface area contributed by atoms with Crippen LogP contribution < -0.4 is 48.9 Å². The van der Waals surface area contributed by atoms with E-state index in [-0.39, 0.29) is 1.43 Å². The maximum Gasteiger partial charge on any atom is 0.197 e. The Morgan fingerprint density at radius 2 is 0.490 bits per heavy atom. The molecule has 11 aromatic carbocycles. The topological polar surface area (TPSA) is 85.9 Å². The fraction of sp³-hybridized carbons (Fsp3) is 0.0714. The van der Waals surface area contributed by atoms with Crippen LogP contribution in [0.25, 0.3) is 53.6 Å². The van der Waals surface area contributed by atoms with Crippen molar-refractivity contribution in [1.82, 2.24) is 0 Å². The third-order valence-corrected chi connectivity index (χ3v) is 20.7. The zero-order valence-corrected chi connectivity index (χ0v) is 57.2. The van der Waals surface area contributed by atoms with Crippen LogP contribution in [-0.2, 0) is 0 Å². The Balaban J connectivity index is 0.000000159. The van der Waals surface area contributed by atoms with Gasteiger partial charge in [-0.25, -0.2) is 0 Å². The summed E-state index contributed by atoms with van der Waals surface area (Å²) in [5.74, 6) is 4.90. The second-order valence-corrected chi connectivity index (χ2v) is 27.3. The van der Waals surface area contributed by atoms with E-state index < -0.39 is 0 Å². The van der Waals surface area contributed by atoms with Crippen molar-refractivity contribution in [2.75, 3.05) is 60.1 Å². The zero-order valence-electron chi connectivity index (χ0n) is 54.1. The van der Waals surface area contributed by atoms with E-state index in [2.05, 4.69) is 267 Å². The molecule has 3 aromatic heterocycles. The van der Waals surface area contributed by atoms with Crippen LogP contribution in [-0.4, -0.2) is 39.6 Å². The highest BCUT2D eigenvalue weighted by atomic mass is 79.9. The number of halogens is 1. The predicted molar refractivity (Wildman–Crippen MR) is 411 cm³/mol. The van der Waals surface area contributed by atoms with Crippen LogP contribution in [0.2, 0.25) is 0 Å². The van der Waals surface area contributed by atoms with Gasteiger partial charge in [0.2, 0.25) is 0 Å². The highest BCUT2D eigenvalue weighted by Crippen LogP contribution is 2.59. The fourth-order valence-electron chi connectivity index (χ4n) is 11.8. The van der Waals surface area contributed by atoms with Crippen molar-refractivity contribution >= 4 is 105 Å². The second-order valence-electron chi connectivity index (χ2n) is 22.9. The van der Waals surface area contributed by atoms with E-state index in [1.807, 2.05) is 78.9 Å². The SMILES string of the molecule is Brc1sc(-c2ccccc2)c2c1OCCO2.[2H-].c1ccc(-c2sc(N(c3ccccc3)c3ccc(-c4ccc(N(c5ccccc5)c5sc(-c6ccccc6)c6c5OCCO6)cc4)cc3)c3c2OCCO3)cc1.c1ccc(Nc2ccc(-c3ccc(Nc4ccccc4)cc3)cc2)cc1. The van der Waals surface area contributed by atoms with Crippen molar-refractivity contribution in [2.24, 2.45) is 0 Å². The molecule has 14 aromatic rings. The van der Waals surface area contributed by atoms with Gasteiger partial charge in [-0.2, -0.15) is 0 Å². The molecule has 3 aliphatic heterocycles. The van der Waals surface area contributed by atoms with Gasteiger partial charge in [-0.1, -0.05) is 212 Å². The number of anilines is 10. The lowest BCUT2D eigenvalue weighted by atomic mass is 10.0. The lowest BCUT2D eigenvalue weighted by molar-refractivity contribution is 0.173. The van der Waals surface area contributed by atoms with Crippen LogP contribution in [0.3, 0.4) is 0 Å². The van der Waals surface area contributed by atoms with Crippen molar-refractivity contribution in [2.45, 2.75) is 0 Å². The minimum atomic E-state index is 0. The van der Waals surface area contributed by atoms with Crippen LogP contribution in [0.4, 0.5) is 55.5 Å². The number of ether oxygens (including phenoxy) is 6. The van der Waals surface area contributed by atoms with E-state index >= 15 is 0 Å². The Labute approximate surface area is 592 Å². The molecule has 0 saturated heterocycles. The minimum Gasteiger partial charge on any atom is -1.00 e. The summed E-state index contributed by atoms with van der Waals surface area (Å²) in [6.07, 6.45) is 0. The molecule has 98 heavy (non-hydrogen) atoms. The summed E-state index contributed by atoms with van der Waals surface area (Å²) >= 11 is 8.55. The molecule has 0 atom stereocenters. The Kier molecular flexibility index (Phi) is 19.3. The summed E-state index contributed by atoms with van der Waals surface area (Å²) in [5, 5.41) is 8.80. The third-order valence-electron chi connectivity index (χ3n) is 16.5. The zero-order chi connectivity index (χ0) is 65.8. The molecule has 14 heteroatoms. The molecule has 0 aliphatic carbocycles. The quantitative estimate of drug-likeness (QED) is 0.104. The average Bonchev–Trinajstić information content (AvgIpc) is 1.62. The molecule has 17 rings (SSSR count). The van der Waals surface area contributed by atoms with E-state index in [4.69, 9.17) is 28.4 Å². The minimum absolute atomic E-state index is 0. The van der Waals surface area contributed by atoms with E-state index in [1.165, 1.54) is 16.7 Å². The van der Waals surface area contributed by atoms with Crippen molar-refractivity contribution in [3.63, 3.8) is 0 Å². The Hall–Kier alpha value is -11.0. The van der Waals surface area contributed by atoms with Gasteiger partial charge < -0.3 is 40.5 Å². The van der Waals surface area contributed by atoms with Crippen molar-refractivity contribution in [1.29, 1.82) is 0 Å². The molecular weight excluding hydrogens is 1340 g/mol. The highest BCUT2D eigenvalue weighted by molar-refractivity contribution is 9.11. The molecule has 0 fully saturated rings. The number of para-hydroxylation sites is 4. The summed E-state index contributed by atoms with van der Waals surface area (Å²) in [4.78, 5) is 7.80. The molecule has 6 heterocycles. The van der Waals surface area contributed by atoms with Crippen molar-refractivity contribution in [3.8, 4) is 88.1 Å². The highest BCUT2D eigenvalue weighted by Gasteiger charge is 2.32. The van der Waals surface area contributed by atoms with Gasteiger partial charge in [-0.05, 0) is 152 Å². The smallest absolute Gasteiger partial charge is 0.197 e. The number of rotatable bonds is 15. The normalized spacial score (nSPS) is 12.4. The van der Waals surface area contributed by atoms with Gasteiger partial charge in [0.15, 0.2) is 34.5 Å².